The van der Waals surface area contributed by atoms with E-state index in [9.17, 15) is 9.90 Å². The van der Waals surface area contributed by atoms with E-state index in [2.05, 4.69) is 0 Å². The van der Waals surface area contributed by atoms with Crippen LogP contribution in [0.4, 0.5) is 8.78 Å². The number of Topliss-reactive ketones (excluding diaryl/α,β-unsaturated/α-hetero) is 1. The molecule has 0 aliphatic carbocycles. The number of rotatable bonds is 9. The summed E-state index contributed by atoms with van der Waals surface area (Å²) >= 11 is 5.97. The molecule has 204 valence electrons. The van der Waals surface area contributed by atoms with Crippen LogP contribution >= 0.6 is 11.6 Å². The topological polar surface area (TPSA) is 49.8 Å². The normalized spacial score (nSPS) is 17.5. The lowest BCUT2D eigenvalue weighted by atomic mass is 9.84. The van der Waals surface area contributed by atoms with Crippen LogP contribution in [0.2, 0.25) is 21.6 Å². The van der Waals surface area contributed by atoms with Gasteiger partial charge < -0.3 is 9.53 Å². The van der Waals surface area contributed by atoms with Crippen LogP contribution in [0.1, 0.15) is 77.2 Å². The summed E-state index contributed by atoms with van der Waals surface area (Å²) in [6, 6.07) is 8.75. The fourth-order valence-electron chi connectivity index (χ4n) is 6.07. The molecule has 2 aromatic rings. The summed E-state index contributed by atoms with van der Waals surface area (Å²) in [5.41, 5.74) is 0.230. The second kappa shape index (κ2) is 11.5. The van der Waals surface area contributed by atoms with E-state index >= 15 is 8.78 Å². The van der Waals surface area contributed by atoms with Crippen molar-refractivity contribution in [2.24, 2.45) is 0 Å². The Morgan fingerprint density at radius 2 is 1.41 bits per heavy atom. The van der Waals surface area contributed by atoms with Crippen molar-refractivity contribution >= 4 is 25.7 Å². The fourth-order valence-corrected chi connectivity index (χ4v) is 11.4. The van der Waals surface area contributed by atoms with Crippen LogP contribution < -0.4 is 4.43 Å². The van der Waals surface area contributed by atoms with Crippen molar-refractivity contribution in [3.05, 3.63) is 64.2 Å². The SMILES string of the molecule is CC(C(=O)c1cc(F)c(O[Si](C(C)C)(C(C)C)C(C)C)c(F)c1)N1CCC(O)(c2ccc(Cl)cc2)CC1. The second-order valence-corrected chi connectivity index (χ2v) is 17.1. The van der Waals surface area contributed by atoms with Gasteiger partial charge in [0.1, 0.15) is 0 Å². The molecule has 1 N–H and O–H groups in total. The molecule has 0 bridgehead atoms. The van der Waals surface area contributed by atoms with Gasteiger partial charge in [-0.25, -0.2) is 8.78 Å². The maximum Gasteiger partial charge on any atom is 0.259 e. The van der Waals surface area contributed by atoms with E-state index in [-0.39, 0.29) is 33.7 Å². The quantitative estimate of drug-likeness (QED) is 0.256. The maximum atomic E-state index is 15.3. The van der Waals surface area contributed by atoms with E-state index in [1.807, 2.05) is 58.6 Å². The molecule has 3 rings (SSSR count). The second-order valence-electron chi connectivity index (χ2n) is 11.3. The van der Waals surface area contributed by atoms with Crippen molar-refractivity contribution in [1.82, 2.24) is 4.90 Å². The minimum absolute atomic E-state index is 0.0145. The van der Waals surface area contributed by atoms with Crippen molar-refractivity contribution in [1.29, 1.82) is 0 Å². The Kier molecular flexibility index (Phi) is 9.26. The summed E-state index contributed by atoms with van der Waals surface area (Å²) in [5.74, 6) is -2.42. The minimum Gasteiger partial charge on any atom is -0.539 e. The lowest BCUT2D eigenvalue weighted by Crippen LogP contribution is -2.51. The van der Waals surface area contributed by atoms with Gasteiger partial charge in [0, 0.05) is 23.7 Å². The zero-order valence-electron chi connectivity index (χ0n) is 22.9. The number of likely N-dealkylation sites (tertiary alicyclic amines) is 1. The highest BCUT2D eigenvalue weighted by Gasteiger charge is 2.48. The zero-order chi connectivity index (χ0) is 27.7. The molecular weight excluding hydrogens is 512 g/mol. The summed E-state index contributed by atoms with van der Waals surface area (Å²) in [5, 5.41) is 11.7. The zero-order valence-corrected chi connectivity index (χ0v) is 24.7. The van der Waals surface area contributed by atoms with E-state index in [1.165, 1.54) is 0 Å². The molecule has 0 spiro atoms. The highest BCUT2D eigenvalue weighted by Crippen LogP contribution is 2.44. The van der Waals surface area contributed by atoms with Gasteiger partial charge in [0.15, 0.2) is 23.2 Å². The largest absolute Gasteiger partial charge is 0.539 e. The van der Waals surface area contributed by atoms with E-state index in [4.69, 9.17) is 16.0 Å². The van der Waals surface area contributed by atoms with Crippen LogP contribution in [0, 0.1) is 11.6 Å². The smallest absolute Gasteiger partial charge is 0.259 e. The molecule has 1 fully saturated rings. The molecule has 0 radical (unpaired) electrons. The molecule has 1 saturated heterocycles. The molecule has 0 amide bonds. The lowest BCUT2D eigenvalue weighted by Gasteiger charge is -2.42. The van der Waals surface area contributed by atoms with E-state index in [1.54, 1.807) is 19.1 Å². The molecule has 37 heavy (non-hydrogen) atoms. The van der Waals surface area contributed by atoms with E-state index < -0.39 is 31.6 Å². The first kappa shape index (κ1) is 29.7. The summed E-state index contributed by atoms with van der Waals surface area (Å²) in [4.78, 5) is 15.2. The highest BCUT2D eigenvalue weighted by atomic mass is 35.5. The first-order chi connectivity index (χ1) is 17.2. The number of halogens is 3. The summed E-state index contributed by atoms with van der Waals surface area (Å²) in [6.07, 6.45) is 0.877. The Morgan fingerprint density at radius 3 is 1.84 bits per heavy atom. The molecule has 4 nitrogen and oxygen atoms in total. The monoisotopic (exact) mass is 551 g/mol. The molecule has 8 heteroatoms. The molecule has 1 heterocycles. The van der Waals surface area contributed by atoms with Crippen LogP contribution in [-0.4, -0.2) is 43.2 Å². The van der Waals surface area contributed by atoms with Crippen molar-refractivity contribution in [2.75, 3.05) is 13.1 Å². The van der Waals surface area contributed by atoms with Crippen LogP contribution in [0.3, 0.4) is 0 Å². The van der Waals surface area contributed by atoms with Crippen molar-refractivity contribution in [2.45, 2.75) is 89.6 Å². The third-order valence-electron chi connectivity index (χ3n) is 8.20. The molecule has 1 unspecified atom stereocenters. The Balaban J connectivity index is 1.77. The third kappa shape index (κ3) is 5.95. The Morgan fingerprint density at radius 1 is 0.946 bits per heavy atom. The molecule has 2 aromatic carbocycles. The average Bonchev–Trinajstić information content (AvgIpc) is 2.82. The van der Waals surface area contributed by atoms with Gasteiger partial charge >= 0.3 is 0 Å². The Hall–Kier alpha value is -1.80. The molecule has 1 aliphatic rings. The van der Waals surface area contributed by atoms with Crippen molar-refractivity contribution in [3.63, 3.8) is 0 Å². The van der Waals surface area contributed by atoms with Gasteiger partial charge in [-0.15, -0.1) is 0 Å². The first-order valence-electron chi connectivity index (χ1n) is 13.2. The van der Waals surface area contributed by atoms with Crippen LogP contribution in [0.5, 0.6) is 5.75 Å². The van der Waals surface area contributed by atoms with Crippen molar-refractivity contribution < 1.29 is 23.1 Å². The molecule has 0 aromatic heterocycles. The number of carbonyl (C=O) groups is 1. The van der Waals surface area contributed by atoms with E-state index in [0.717, 1.165) is 17.7 Å². The van der Waals surface area contributed by atoms with Crippen LogP contribution in [0.15, 0.2) is 36.4 Å². The van der Waals surface area contributed by atoms with Gasteiger partial charge in [-0.1, -0.05) is 65.3 Å². The average molecular weight is 552 g/mol. The number of piperidine rings is 1. The highest BCUT2D eigenvalue weighted by molar-refractivity contribution is 6.78. The van der Waals surface area contributed by atoms with Gasteiger partial charge in [-0.05, 0) is 66.2 Å². The van der Waals surface area contributed by atoms with Gasteiger partial charge in [-0.2, -0.15) is 0 Å². The van der Waals surface area contributed by atoms with Gasteiger partial charge in [-0.3, -0.25) is 9.69 Å². The number of hydrogen-bond acceptors (Lipinski definition) is 4. The molecule has 1 aliphatic heterocycles. The minimum atomic E-state index is -2.57. The fraction of sp³-hybridized carbons (Fsp3) is 0.552. The molecule has 0 saturated carbocycles. The van der Waals surface area contributed by atoms with Gasteiger partial charge in [0.2, 0.25) is 0 Å². The standard InChI is InChI=1S/C29H40ClF2NO3Si/c1-18(2)37(19(3)4,20(5)6)36-28-25(31)16-22(17-26(28)32)27(34)21(7)33-14-12-29(35,13-15-33)23-8-10-24(30)11-9-23/h8-11,16-21,35H,12-15H2,1-7H3. The first-order valence-corrected chi connectivity index (χ1v) is 15.7. The van der Waals surface area contributed by atoms with E-state index in [0.29, 0.717) is 31.0 Å². The Bertz CT molecular complexity index is 1050. The number of carbonyl (C=O) groups excluding carboxylic acids is 1. The van der Waals surface area contributed by atoms with Gasteiger partial charge in [0.05, 0.1) is 11.6 Å². The van der Waals surface area contributed by atoms with Gasteiger partial charge in [0.25, 0.3) is 8.32 Å². The number of benzene rings is 2. The molecule has 1 atom stereocenters. The third-order valence-corrected chi connectivity index (χ3v) is 14.4. The lowest BCUT2D eigenvalue weighted by molar-refractivity contribution is -0.0318. The summed E-state index contributed by atoms with van der Waals surface area (Å²) in [6.45, 7) is 15.0. The predicted molar refractivity (Wildman–Crippen MR) is 148 cm³/mol. The van der Waals surface area contributed by atoms with Crippen LogP contribution in [0.25, 0.3) is 0 Å². The predicted octanol–water partition coefficient (Wildman–Crippen LogP) is 7.73. The number of nitrogens with zero attached hydrogens (tertiary/aromatic N) is 1. The molecular formula is C29H40ClF2NO3Si. The number of hydrogen-bond donors (Lipinski definition) is 1. The maximum absolute atomic E-state index is 15.3. The number of aliphatic hydroxyl groups is 1. The summed E-state index contributed by atoms with van der Waals surface area (Å²) in [7, 11) is -2.57. The summed E-state index contributed by atoms with van der Waals surface area (Å²) < 4.78 is 36.8. The van der Waals surface area contributed by atoms with Crippen molar-refractivity contribution in [3.8, 4) is 5.75 Å². The van der Waals surface area contributed by atoms with Crippen LogP contribution in [-0.2, 0) is 5.60 Å². The Labute approximate surface area is 226 Å². The number of ketones is 1.